The number of esters is 1. The highest BCUT2D eigenvalue weighted by Gasteiger charge is 2.56. The van der Waals surface area contributed by atoms with Crippen molar-refractivity contribution in [1.29, 1.82) is 0 Å². The van der Waals surface area contributed by atoms with Crippen molar-refractivity contribution in [3.8, 4) is 11.1 Å². The number of nitrogens with one attached hydrogen (secondary N) is 1. The first-order valence-electron chi connectivity index (χ1n) is 21.0. The fraction of sp³-hybridized carbons (Fsp3) is 0.340. The molecule has 0 heterocycles. The minimum Gasteiger partial charge on any atom is -0.457 e. The lowest BCUT2D eigenvalue weighted by Gasteiger charge is -2.57. The normalized spacial score (nSPS) is 23.3. The number of rotatable bonds is 15. The Balaban J connectivity index is 1.04. The van der Waals surface area contributed by atoms with Gasteiger partial charge in [0.25, 0.3) is 0 Å². The van der Waals surface area contributed by atoms with Gasteiger partial charge in [0.2, 0.25) is 7.37 Å². The maximum Gasteiger partial charge on any atom is 0.408 e. The molecule has 3 atom stereocenters. The Morgan fingerprint density at radius 3 is 1.78 bits per heavy atom. The molecule has 4 fully saturated rings. The molecule has 5 aliphatic rings. The smallest absolute Gasteiger partial charge is 0.408 e. The van der Waals surface area contributed by atoms with E-state index in [-0.39, 0.29) is 30.9 Å². The van der Waals surface area contributed by atoms with Crippen molar-refractivity contribution in [2.45, 2.75) is 62.2 Å². The highest BCUT2D eigenvalue weighted by Crippen LogP contribution is 2.68. The van der Waals surface area contributed by atoms with Crippen LogP contribution in [0.5, 0.6) is 0 Å². The van der Waals surface area contributed by atoms with Crippen molar-refractivity contribution in [3.05, 3.63) is 167 Å². The lowest BCUT2D eigenvalue weighted by molar-refractivity contribution is -0.146. The van der Waals surface area contributed by atoms with Crippen LogP contribution in [0.1, 0.15) is 82.8 Å². The van der Waals surface area contributed by atoms with Crippen LogP contribution in [0.25, 0.3) is 11.1 Å². The summed E-state index contributed by atoms with van der Waals surface area (Å²) in [6.45, 7) is -0.367. The van der Waals surface area contributed by atoms with Gasteiger partial charge in [-0.15, -0.1) is 0 Å². The van der Waals surface area contributed by atoms with Gasteiger partial charge in [0, 0.05) is 17.6 Å². The third kappa shape index (κ3) is 8.44. The average Bonchev–Trinajstić information content (AvgIpc) is 3.57. The first-order chi connectivity index (χ1) is 28.7. The molecule has 4 saturated carbocycles. The molecule has 0 aromatic heterocycles. The lowest BCUT2D eigenvalue weighted by atomic mass is 9.54. The maximum absolute atomic E-state index is 16.4. The summed E-state index contributed by atoms with van der Waals surface area (Å²) >= 11 is 0. The molecule has 10 rings (SSSR count). The fourth-order valence-electron chi connectivity index (χ4n) is 10.9. The van der Waals surface area contributed by atoms with Crippen LogP contribution in [0.4, 0.5) is 4.79 Å². The van der Waals surface area contributed by atoms with E-state index in [1.165, 1.54) is 0 Å². The number of benzene rings is 5. The molecule has 302 valence electrons. The summed E-state index contributed by atoms with van der Waals surface area (Å²) in [5.74, 6) is -1.72. The van der Waals surface area contributed by atoms with Crippen molar-refractivity contribution in [3.63, 3.8) is 0 Å². The van der Waals surface area contributed by atoms with Gasteiger partial charge in [-0.1, -0.05) is 140 Å². The Labute approximate surface area is 346 Å². The van der Waals surface area contributed by atoms with Crippen LogP contribution >= 0.6 is 7.37 Å². The summed E-state index contributed by atoms with van der Waals surface area (Å²) in [6, 6.07) is 43.8. The topological polar surface area (TPSA) is 108 Å². The van der Waals surface area contributed by atoms with Gasteiger partial charge in [-0.25, -0.2) is 4.79 Å². The summed E-state index contributed by atoms with van der Waals surface area (Å²) in [5.41, 5.74) is 5.67. The lowest BCUT2D eigenvalue weighted by Crippen LogP contribution is -2.52. The summed E-state index contributed by atoms with van der Waals surface area (Å²) in [4.78, 5) is 41.6. The van der Waals surface area contributed by atoms with E-state index in [1.54, 1.807) is 24.3 Å². The van der Waals surface area contributed by atoms with Crippen LogP contribution in [0.15, 0.2) is 140 Å². The molecule has 5 aromatic rings. The van der Waals surface area contributed by atoms with Crippen molar-refractivity contribution in [1.82, 2.24) is 5.32 Å². The van der Waals surface area contributed by atoms with Crippen molar-refractivity contribution in [2.24, 2.45) is 23.7 Å². The first kappa shape index (κ1) is 39.2. The standard InChI is InChI=1S/C50H50NO7P/c52-46(38-16-6-2-7-17-38)32-56-48(53)40(27-34-14-4-1-5-15-34)33-59(55,58-50-28-35-24-36(29-50)26-37(25-35)30-50)47(39-18-8-3-9-19-39)51-49(54)57-31-45-43-22-12-10-20-41(43)42-21-11-13-23-44(42)45/h1-23,35-37,40,45,47H,24-33H2,(H,51,54). The molecule has 3 unspecified atom stereocenters. The van der Waals surface area contributed by atoms with E-state index < -0.39 is 43.3 Å². The number of carbonyl (C=O) groups excluding carboxylic acids is 3. The minimum atomic E-state index is -4.06. The quantitative estimate of drug-likeness (QED) is 0.0637. The second-order valence-corrected chi connectivity index (χ2v) is 19.7. The van der Waals surface area contributed by atoms with E-state index in [0.29, 0.717) is 28.9 Å². The minimum absolute atomic E-state index is 0.0832. The number of fused-ring (bicyclic) bond motifs is 3. The zero-order chi connectivity index (χ0) is 40.4. The van der Waals surface area contributed by atoms with Crippen molar-refractivity contribution in [2.75, 3.05) is 19.4 Å². The van der Waals surface area contributed by atoms with Gasteiger partial charge in [-0.2, -0.15) is 0 Å². The summed E-state index contributed by atoms with van der Waals surface area (Å²) in [7, 11) is -4.06. The number of hydrogen-bond acceptors (Lipinski definition) is 7. The van der Waals surface area contributed by atoms with E-state index in [2.05, 4.69) is 29.6 Å². The summed E-state index contributed by atoms with van der Waals surface area (Å²) < 4.78 is 35.5. The van der Waals surface area contributed by atoms with Crippen LogP contribution in [-0.2, 0) is 29.8 Å². The summed E-state index contributed by atoms with van der Waals surface area (Å²) in [6.07, 6.45) is 5.16. The molecule has 1 N–H and O–H groups in total. The molecule has 5 aliphatic carbocycles. The van der Waals surface area contributed by atoms with E-state index >= 15 is 4.57 Å². The number of alkyl carbamates (subject to hydrolysis) is 1. The third-order valence-electron chi connectivity index (χ3n) is 13.0. The van der Waals surface area contributed by atoms with Crippen LogP contribution in [0.2, 0.25) is 0 Å². The van der Waals surface area contributed by atoms with Crippen molar-refractivity contribution >= 4 is 25.2 Å². The van der Waals surface area contributed by atoms with Crippen molar-refractivity contribution < 1.29 is 32.9 Å². The molecule has 59 heavy (non-hydrogen) atoms. The summed E-state index contributed by atoms with van der Waals surface area (Å²) in [5, 5.41) is 3.05. The van der Waals surface area contributed by atoms with Gasteiger partial charge in [0.15, 0.2) is 12.4 Å². The van der Waals surface area contributed by atoms with Crippen LogP contribution in [0, 0.1) is 23.7 Å². The monoisotopic (exact) mass is 807 g/mol. The molecular formula is C50H50NO7P. The van der Waals surface area contributed by atoms with Gasteiger partial charge in [0.05, 0.1) is 11.5 Å². The Morgan fingerprint density at radius 2 is 1.19 bits per heavy atom. The molecule has 4 bridgehead atoms. The number of hydrogen-bond donors (Lipinski definition) is 1. The third-order valence-corrected chi connectivity index (χ3v) is 15.9. The molecular weight excluding hydrogens is 758 g/mol. The average molecular weight is 808 g/mol. The Hall–Kier alpha value is -5.30. The first-order valence-corrected chi connectivity index (χ1v) is 22.9. The highest BCUT2D eigenvalue weighted by molar-refractivity contribution is 7.59. The van der Waals surface area contributed by atoms with E-state index in [9.17, 15) is 14.4 Å². The van der Waals surface area contributed by atoms with Gasteiger partial charge in [-0.3, -0.25) is 14.2 Å². The van der Waals surface area contributed by atoms with Gasteiger partial charge >= 0.3 is 12.1 Å². The molecule has 0 aliphatic heterocycles. The molecule has 0 spiro atoms. The molecule has 0 radical (unpaired) electrons. The van der Waals surface area contributed by atoms with Gasteiger partial charge in [0.1, 0.15) is 12.4 Å². The highest BCUT2D eigenvalue weighted by atomic mass is 31.2. The maximum atomic E-state index is 16.4. The number of carbonyl (C=O) groups is 3. The number of ketones is 1. The van der Waals surface area contributed by atoms with Crippen LogP contribution in [-0.4, -0.2) is 42.8 Å². The fourth-order valence-corrected chi connectivity index (χ4v) is 13.9. The predicted octanol–water partition coefficient (Wildman–Crippen LogP) is 10.8. The van der Waals surface area contributed by atoms with Crippen LogP contribution < -0.4 is 5.32 Å². The Morgan fingerprint density at radius 1 is 0.661 bits per heavy atom. The second kappa shape index (κ2) is 16.8. The van der Waals surface area contributed by atoms with E-state index in [1.807, 2.05) is 91.0 Å². The largest absolute Gasteiger partial charge is 0.457 e. The number of ether oxygens (including phenoxy) is 2. The Bertz CT molecular complexity index is 2270. The number of amides is 1. The Kier molecular flexibility index (Phi) is 11.1. The predicted molar refractivity (Wildman–Crippen MR) is 227 cm³/mol. The van der Waals surface area contributed by atoms with E-state index in [4.69, 9.17) is 14.0 Å². The van der Waals surface area contributed by atoms with Gasteiger partial charge in [-0.05, 0) is 96.1 Å². The molecule has 1 amide bonds. The molecule has 8 nitrogen and oxygen atoms in total. The van der Waals surface area contributed by atoms with Gasteiger partial charge < -0.3 is 19.3 Å². The zero-order valence-corrected chi connectivity index (χ0v) is 34.0. The number of Topliss-reactive ketones (excluding diaryl/α,β-unsaturated/α-hetero) is 1. The molecule has 0 saturated heterocycles. The second-order valence-electron chi connectivity index (χ2n) is 17.2. The molecule has 9 heteroatoms. The van der Waals surface area contributed by atoms with Crippen LogP contribution in [0.3, 0.4) is 0 Å². The molecule has 5 aromatic carbocycles. The SMILES string of the molecule is O=C(NC(c1ccccc1)P(=O)(CC(Cc1ccccc1)C(=O)OCC(=O)c1ccccc1)OC12CC3CC(CC(C3)C1)C2)OCC1c2ccccc2-c2ccccc21. The zero-order valence-electron chi connectivity index (χ0n) is 33.1. The van der Waals surface area contributed by atoms with E-state index in [0.717, 1.165) is 66.3 Å².